The number of benzene rings is 2. The molecule has 0 aliphatic rings. The molecule has 0 saturated heterocycles. The van der Waals surface area contributed by atoms with Crippen LogP contribution in [-0.2, 0) is 47.6 Å². The first-order valence-corrected chi connectivity index (χ1v) is 13.8. The summed E-state index contributed by atoms with van der Waals surface area (Å²) in [6, 6.07) is 37.3. The summed E-state index contributed by atoms with van der Waals surface area (Å²) < 4.78 is 55.7. The monoisotopic (exact) mass is 618 g/mol. The van der Waals surface area contributed by atoms with Gasteiger partial charge in [-0.25, -0.2) is 41.8 Å². The molecule has 0 amide bonds. The van der Waals surface area contributed by atoms with Crippen molar-refractivity contribution in [2.75, 3.05) is 0 Å². The predicted octanol–water partition coefficient (Wildman–Crippen LogP) is 9.21. The molecule has 0 radical (unpaired) electrons. The summed E-state index contributed by atoms with van der Waals surface area (Å²) in [6.07, 6.45) is 10.7. The molecule has 0 N–H and O–H groups in total. The van der Waals surface area contributed by atoms with Crippen molar-refractivity contribution in [3.8, 4) is 0 Å². The zero-order valence-electron chi connectivity index (χ0n) is 23.9. The van der Waals surface area contributed by atoms with Gasteiger partial charge in [0.05, 0.1) is 0 Å². The summed E-state index contributed by atoms with van der Waals surface area (Å²) in [5, 5.41) is 0. The van der Waals surface area contributed by atoms with Gasteiger partial charge in [0.1, 0.15) is 0 Å². The van der Waals surface area contributed by atoms with E-state index in [9.17, 15) is 17.6 Å². The molecule has 0 fully saturated rings. The SMILES string of the molecule is Fc1[c-]c(F)c(CCCn2cccc2)cc1.Fc1[c-]c(F)c(CCCn2cccc2)cc1.[Ti+4].c1cc[cH-]c1.c1cc[cH-]c1. The van der Waals surface area contributed by atoms with E-state index in [2.05, 4.69) is 0 Å². The molecule has 0 spiro atoms. The number of aryl methyl sites for hydroxylation is 4. The van der Waals surface area contributed by atoms with Gasteiger partial charge in [0.25, 0.3) is 0 Å². The maximum atomic E-state index is 13.2. The number of hydrogen-bond acceptors (Lipinski definition) is 0. The van der Waals surface area contributed by atoms with Gasteiger partial charge in [-0.1, -0.05) is 12.8 Å². The van der Waals surface area contributed by atoms with Gasteiger partial charge < -0.3 is 9.13 Å². The second-order valence-electron chi connectivity index (χ2n) is 9.26. The number of nitrogens with zero attached hydrogens (tertiary/aromatic N) is 2. The van der Waals surface area contributed by atoms with Crippen LogP contribution in [0.4, 0.5) is 17.6 Å². The maximum absolute atomic E-state index is 13.2. The van der Waals surface area contributed by atoms with Crippen LogP contribution >= 0.6 is 0 Å². The first-order chi connectivity index (χ1) is 20.5. The smallest absolute Gasteiger partial charge is 0.354 e. The van der Waals surface area contributed by atoms with Crippen molar-refractivity contribution in [1.29, 1.82) is 0 Å². The molecule has 0 atom stereocenters. The first-order valence-electron chi connectivity index (χ1n) is 13.8. The van der Waals surface area contributed by atoms with Gasteiger partial charge in [-0.2, -0.15) is 48.5 Å². The molecule has 7 heteroatoms. The van der Waals surface area contributed by atoms with Crippen LogP contribution in [0.5, 0.6) is 0 Å². The fraction of sp³-hybridized carbons (Fsp3) is 0.167. The van der Waals surface area contributed by atoms with E-state index >= 15 is 0 Å². The molecule has 6 rings (SSSR count). The Bertz CT molecular complexity index is 1310. The molecule has 0 saturated carbocycles. The van der Waals surface area contributed by atoms with Crippen LogP contribution in [0, 0.1) is 35.4 Å². The minimum absolute atomic E-state index is 0. The summed E-state index contributed by atoms with van der Waals surface area (Å²) in [5.74, 6) is -2.45. The van der Waals surface area contributed by atoms with E-state index in [0.717, 1.165) is 25.9 Å². The van der Waals surface area contributed by atoms with E-state index in [1.165, 1.54) is 24.3 Å². The molecule has 0 aliphatic heterocycles. The Morgan fingerprint density at radius 3 is 1.14 bits per heavy atom. The fourth-order valence-electron chi connectivity index (χ4n) is 3.92. The van der Waals surface area contributed by atoms with Gasteiger partial charge in [-0.3, -0.25) is 0 Å². The van der Waals surface area contributed by atoms with Gasteiger partial charge in [-0.05, 0) is 37.1 Å². The van der Waals surface area contributed by atoms with E-state index in [4.69, 9.17) is 0 Å². The summed E-state index contributed by atoms with van der Waals surface area (Å²) >= 11 is 0. The molecule has 2 aromatic heterocycles. The van der Waals surface area contributed by atoms with E-state index < -0.39 is 23.3 Å². The second-order valence-corrected chi connectivity index (χ2v) is 9.26. The zero-order valence-corrected chi connectivity index (χ0v) is 25.4. The van der Waals surface area contributed by atoms with Crippen LogP contribution in [0.15, 0.2) is 134 Å². The van der Waals surface area contributed by atoms with Crippen molar-refractivity contribution in [3.63, 3.8) is 0 Å². The van der Waals surface area contributed by atoms with Crippen molar-refractivity contribution in [3.05, 3.63) is 181 Å². The average Bonchev–Trinajstić information content (AvgIpc) is 3.81. The number of hydrogen-bond donors (Lipinski definition) is 0. The summed E-state index contributed by atoms with van der Waals surface area (Å²) in [4.78, 5) is 0. The van der Waals surface area contributed by atoms with E-state index in [1.807, 2.05) is 131 Å². The Morgan fingerprint density at radius 2 is 0.860 bits per heavy atom. The van der Waals surface area contributed by atoms with Crippen molar-refractivity contribution in [2.24, 2.45) is 0 Å². The second kappa shape index (κ2) is 20.9. The standard InChI is InChI=1S/2C13H12F2N.2C5H5.Ti/c2*14-12-6-5-11(13(15)10-12)4-3-9-16-7-1-2-8-16;2*1-2-4-5-3-1;/h2*1-2,5-8H,3-4,9H2;2*1-5H;/q4*-1;+4. The van der Waals surface area contributed by atoms with Gasteiger partial charge in [0.15, 0.2) is 0 Å². The van der Waals surface area contributed by atoms with Crippen LogP contribution in [-0.4, -0.2) is 9.13 Å². The van der Waals surface area contributed by atoms with Crippen LogP contribution in [0.1, 0.15) is 24.0 Å². The Labute approximate surface area is 266 Å². The molecule has 4 aromatic carbocycles. The van der Waals surface area contributed by atoms with Gasteiger partial charge in [0, 0.05) is 61.1 Å². The average molecular weight is 619 g/mol. The normalized spacial score (nSPS) is 9.77. The fourth-order valence-corrected chi connectivity index (χ4v) is 3.92. The van der Waals surface area contributed by atoms with Crippen molar-refractivity contribution in [2.45, 2.75) is 38.8 Å². The van der Waals surface area contributed by atoms with Crippen molar-refractivity contribution >= 4 is 0 Å². The number of rotatable bonds is 8. The van der Waals surface area contributed by atoms with Crippen LogP contribution in [0.25, 0.3) is 0 Å². The topological polar surface area (TPSA) is 9.86 Å². The van der Waals surface area contributed by atoms with E-state index in [0.29, 0.717) is 24.0 Å². The van der Waals surface area contributed by atoms with Crippen LogP contribution in [0.3, 0.4) is 0 Å². The van der Waals surface area contributed by atoms with Crippen LogP contribution in [0.2, 0.25) is 0 Å². The quantitative estimate of drug-likeness (QED) is 0.0915. The molecule has 0 unspecified atom stereocenters. The molecule has 6 aromatic rings. The van der Waals surface area contributed by atoms with Crippen LogP contribution < -0.4 is 0 Å². The number of halogens is 4. The Balaban J connectivity index is 0.000000223. The summed E-state index contributed by atoms with van der Waals surface area (Å²) in [6.45, 7) is 1.67. The van der Waals surface area contributed by atoms with Crippen molar-refractivity contribution < 1.29 is 39.3 Å². The third-order valence-electron chi connectivity index (χ3n) is 6.05. The maximum Gasteiger partial charge on any atom is 4.00 e. The Morgan fingerprint density at radius 1 is 0.512 bits per heavy atom. The number of aromatic nitrogens is 2. The molecule has 0 aliphatic carbocycles. The first kappa shape index (κ1) is 35.3. The molecular formula is C36H34F4N2Ti. The van der Waals surface area contributed by atoms with Gasteiger partial charge >= 0.3 is 21.7 Å². The zero-order chi connectivity index (χ0) is 29.8. The summed E-state index contributed by atoms with van der Waals surface area (Å²) in [7, 11) is 0. The third kappa shape index (κ3) is 14.7. The van der Waals surface area contributed by atoms with Crippen molar-refractivity contribution in [1.82, 2.24) is 9.13 Å². The third-order valence-corrected chi connectivity index (χ3v) is 6.05. The summed E-state index contributed by atoms with van der Waals surface area (Å²) in [5.41, 5.74) is 1.04. The largest absolute Gasteiger partial charge is 4.00 e. The Hall–Kier alpha value is -3.87. The molecule has 2 nitrogen and oxygen atoms in total. The van der Waals surface area contributed by atoms with Gasteiger partial charge in [0.2, 0.25) is 0 Å². The molecule has 0 bridgehead atoms. The predicted molar refractivity (Wildman–Crippen MR) is 160 cm³/mol. The minimum atomic E-state index is -0.647. The molecule has 2 heterocycles. The molecular weight excluding hydrogens is 584 g/mol. The minimum Gasteiger partial charge on any atom is -0.354 e. The van der Waals surface area contributed by atoms with E-state index in [1.54, 1.807) is 0 Å². The molecule has 43 heavy (non-hydrogen) atoms. The van der Waals surface area contributed by atoms with Gasteiger partial charge in [-0.15, -0.1) is 35.4 Å². The molecule has 220 valence electrons. The van der Waals surface area contributed by atoms with E-state index in [-0.39, 0.29) is 21.7 Å². The Kier molecular flexibility index (Phi) is 17.2.